The molecule has 1 heterocycles. The SMILES string of the molecule is O=C(CC1(O)CCCCC1)N1CCNC[C@H]1c1ccccc1. The summed E-state index contributed by atoms with van der Waals surface area (Å²) < 4.78 is 0. The minimum Gasteiger partial charge on any atom is -0.389 e. The van der Waals surface area contributed by atoms with Gasteiger partial charge in [-0.1, -0.05) is 49.6 Å². The number of aliphatic hydroxyl groups is 1. The van der Waals surface area contributed by atoms with Crippen LogP contribution in [0.4, 0.5) is 0 Å². The Morgan fingerprint density at radius 3 is 2.68 bits per heavy atom. The number of hydrogen-bond acceptors (Lipinski definition) is 3. The van der Waals surface area contributed by atoms with Crippen LogP contribution in [0.5, 0.6) is 0 Å². The van der Waals surface area contributed by atoms with Crippen molar-refractivity contribution >= 4 is 5.91 Å². The quantitative estimate of drug-likeness (QED) is 0.900. The van der Waals surface area contributed by atoms with Crippen LogP contribution in [0.25, 0.3) is 0 Å². The first-order valence-corrected chi connectivity index (χ1v) is 8.45. The Morgan fingerprint density at radius 1 is 1.23 bits per heavy atom. The molecule has 1 saturated carbocycles. The maximum atomic E-state index is 12.8. The standard InChI is InChI=1S/C18H26N2O2/c21-17(13-18(22)9-5-2-6-10-18)20-12-11-19-14-16(20)15-7-3-1-4-8-15/h1,3-4,7-8,16,19,22H,2,5-6,9-14H2/t16-/m0/s1. The normalized spacial score (nSPS) is 25.0. The molecule has 4 heteroatoms. The smallest absolute Gasteiger partial charge is 0.226 e. The molecule has 120 valence electrons. The van der Waals surface area contributed by atoms with Crippen LogP contribution in [0, 0.1) is 0 Å². The van der Waals surface area contributed by atoms with E-state index >= 15 is 0 Å². The lowest BCUT2D eigenvalue weighted by molar-refractivity contribution is -0.141. The van der Waals surface area contributed by atoms with Crippen LogP contribution >= 0.6 is 0 Å². The summed E-state index contributed by atoms with van der Waals surface area (Å²) in [6, 6.07) is 10.3. The van der Waals surface area contributed by atoms with E-state index in [4.69, 9.17) is 0 Å². The largest absolute Gasteiger partial charge is 0.389 e. The molecule has 0 unspecified atom stereocenters. The lowest BCUT2D eigenvalue weighted by Gasteiger charge is -2.39. The van der Waals surface area contributed by atoms with Gasteiger partial charge in [-0.05, 0) is 18.4 Å². The van der Waals surface area contributed by atoms with Gasteiger partial charge in [0.05, 0.1) is 18.1 Å². The molecule has 1 saturated heterocycles. The molecule has 1 aromatic rings. The van der Waals surface area contributed by atoms with Crippen molar-refractivity contribution in [2.75, 3.05) is 19.6 Å². The van der Waals surface area contributed by atoms with Crippen molar-refractivity contribution in [3.05, 3.63) is 35.9 Å². The van der Waals surface area contributed by atoms with Crippen molar-refractivity contribution in [2.24, 2.45) is 0 Å². The molecule has 2 N–H and O–H groups in total. The molecule has 2 aliphatic rings. The maximum absolute atomic E-state index is 12.8. The van der Waals surface area contributed by atoms with Gasteiger partial charge in [0.2, 0.25) is 5.91 Å². The van der Waals surface area contributed by atoms with Crippen molar-refractivity contribution in [1.29, 1.82) is 0 Å². The third kappa shape index (κ3) is 3.50. The second-order valence-electron chi connectivity index (χ2n) is 6.68. The summed E-state index contributed by atoms with van der Waals surface area (Å²) in [5, 5.41) is 14.0. The van der Waals surface area contributed by atoms with E-state index < -0.39 is 5.60 Å². The number of amides is 1. The Balaban J connectivity index is 1.71. The molecule has 1 aromatic carbocycles. The lowest BCUT2D eigenvalue weighted by Crippen LogP contribution is -2.50. The van der Waals surface area contributed by atoms with Gasteiger partial charge in [-0.15, -0.1) is 0 Å². The van der Waals surface area contributed by atoms with Crippen LogP contribution in [-0.4, -0.2) is 41.1 Å². The highest BCUT2D eigenvalue weighted by Gasteiger charge is 2.36. The average Bonchev–Trinajstić information content (AvgIpc) is 2.56. The van der Waals surface area contributed by atoms with Crippen LogP contribution in [0.15, 0.2) is 30.3 Å². The molecular formula is C18H26N2O2. The van der Waals surface area contributed by atoms with E-state index in [1.165, 1.54) is 12.0 Å². The number of nitrogens with zero attached hydrogens (tertiary/aromatic N) is 1. The number of hydrogen-bond donors (Lipinski definition) is 2. The molecule has 1 amide bonds. The second-order valence-corrected chi connectivity index (χ2v) is 6.68. The molecule has 1 aliphatic heterocycles. The fraction of sp³-hybridized carbons (Fsp3) is 0.611. The molecule has 22 heavy (non-hydrogen) atoms. The summed E-state index contributed by atoms with van der Waals surface area (Å²) in [5.41, 5.74) is 0.389. The van der Waals surface area contributed by atoms with Gasteiger partial charge in [0, 0.05) is 19.6 Å². The highest BCUT2D eigenvalue weighted by molar-refractivity contribution is 5.78. The number of nitrogens with one attached hydrogen (secondary N) is 1. The van der Waals surface area contributed by atoms with Gasteiger partial charge in [-0.25, -0.2) is 0 Å². The van der Waals surface area contributed by atoms with E-state index in [0.717, 1.165) is 38.8 Å². The zero-order valence-corrected chi connectivity index (χ0v) is 13.1. The third-order valence-electron chi connectivity index (χ3n) is 5.01. The zero-order chi connectivity index (χ0) is 15.4. The Labute approximate surface area is 132 Å². The van der Waals surface area contributed by atoms with Crippen molar-refractivity contribution in [2.45, 2.75) is 50.2 Å². The van der Waals surface area contributed by atoms with Crippen molar-refractivity contribution in [3.8, 4) is 0 Å². The van der Waals surface area contributed by atoms with E-state index in [-0.39, 0.29) is 18.4 Å². The van der Waals surface area contributed by atoms with E-state index in [1.54, 1.807) is 0 Å². The highest BCUT2D eigenvalue weighted by atomic mass is 16.3. The molecule has 0 aromatic heterocycles. The van der Waals surface area contributed by atoms with Gasteiger partial charge in [0.1, 0.15) is 0 Å². The summed E-state index contributed by atoms with van der Waals surface area (Å²) in [7, 11) is 0. The van der Waals surface area contributed by atoms with E-state index in [1.807, 2.05) is 23.1 Å². The Bertz CT molecular complexity index is 497. The first-order valence-electron chi connectivity index (χ1n) is 8.45. The Hall–Kier alpha value is -1.39. The van der Waals surface area contributed by atoms with Gasteiger partial charge in [-0.2, -0.15) is 0 Å². The summed E-state index contributed by atoms with van der Waals surface area (Å²) in [6.45, 7) is 2.33. The first-order chi connectivity index (χ1) is 10.7. The van der Waals surface area contributed by atoms with Gasteiger partial charge < -0.3 is 15.3 Å². The molecule has 3 rings (SSSR count). The van der Waals surface area contributed by atoms with Crippen molar-refractivity contribution in [3.63, 3.8) is 0 Å². The number of rotatable bonds is 3. The summed E-state index contributed by atoms with van der Waals surface area (Å²) in [4.78, 5) is 14.8. The first kappa shape index (κ1) is 15.5. The van der Waals surface area contributed by atoms with E-state index in [9.17, 15) is 9.90 Å². The third-order valence-corrected chi connectivity index (χ3v) is 5.01. The number of piperazine rings is 1. The maximum Gasteiger partial charge on any atom is 0.226 e. The predicted octanol–water partition coefficient (Wildman–Crippen LogP) is 2.24. The van der Waals surface area contributed by atoms with Crippen molar-refractivity contribution < 1.29 is 9.90 Å². The minimum absolute atomic E-state index is 0.0784. The van der Waals surface area contributed by atoms with Crippen molar-refractivity contribution in [1.82, 2.24) is 10.2 Å². The number of carbonyl (C=O) groups is 1. The monoisotopic (exact) mass is 302 g/mol. The number of carbonyl (C=O) groups excluding carboxylic acids is 1. The predicted molar refractivity (Wildman–Crippen MR) is 86.4 cm³/mol. The average molecular weight is 302 g/mol. The van der Waals surface area contributed by atoms with Gasteiger partial charge >= 0.3 is 0 Å². The van der Waals surface area contributed by atoms with Crippen LogP contribution in [-0.2, 0) is 4.79 Å². The van der Waals surface area contributed by atoms with Crippen LogP contribution in [0.1, 0.15) is 50.1 Å². The van der Waals surface area contributed by atoms with E-state index in [0.29, 0.717) is 6.54 Å². The van der Waals surface area contributed by atoms with E-state index in [2.05, 4.69) is 17.4 Å². The number of benzene rings is 1. The summed E-state index contributed by atoms with van der Waals surface area (Å²) >= 11 is 0. The topological polar surface area (TPSA) is 52.6 Å². The van der Waals surface area contributed by atoms with Gasteiger partial charge in [-0.3, -0.25) is 4.79 Å². The molecule has 0 radical (unpaired) electrons. The molecule has 0 bridgehead atoms. The zero-order valence-electron chi connectivity index (χ0n) is 13.1. The molecule has 1 aliphatic carbocycles. The second kappa shape index (κ2) is 6.80. The fourth-order valence-electron chi connectivity index (χ4n) is 3.75. The van der Waals surface area contributed by atoms with Crippen LogP contribution in [0.2, 0.25) is 0 Å². The fourth-order valence-corrected chi connectivity index (χ4v) is 3.75. The Morgan fingerprint density at radius 2 is 1.95 bits per heavy atom. The Kier molecular flexibility index (Phi) is 4.79. The van der Waals surface area contributed by atoms with Crippen LogP contribution < -0.4 is 5.32 Å². The van der Waals surface area contributed by atoms with Gasteiger partial charge in [0.15, 0.2) is 0 Å². The molecule has 1 atom stereocenters. The molecular weight excluding hydrogens is 276 g/mol. The summed E-state index contributed by atoms with van der Waals surface area (Å²) in [5.74, 6) is 0.0970. The summed E-state index contributed by atoms with van der Waals surface area (Å²) in [6.07, 6.45) is 5.05. The minimum atomic E-state index is -0.776. The molecule has 4 nitrogen and oxygen atoms in total. The lowest BCUT2D eigenvalue weighted by atomic mass is 9.82. The highest BCUT2D eigenvalue weighted by Crippen LogP contribution is 2.33. The van der Waals surface area contributed by atoms with Gasteiger partial charge in [0.25, 0.3) is 0 Å². The molecule has 2 fully saturated rings. The van der Waals surface area contributed by atoms with Crippen LogP contribution in [0.3, 0.4) is 0 Å². The molecule has 0 spiro atoms.